The summed E-state index contributed by atoms with van der Waals surface area (Å²) in [7, 11) is 0. The summed E-state index contributed by atoms with van der Waals surface area (Å²) in [5.74, 6) is 0.779. The zero-order chi connectivity index (χ0) is 13.1. The van der Waals surface area contributed by atoms with Crippen LogP contribution in [-0.4, -0.2) is 53.8 Å². The van der Waals surface area contributed by atoms with Crippen LogP contribution in [-0.2, 0) is 0 Å². The van der Waals surface area contributed by atoms with Crippen LogP contribution in [0, 0.1) is 0 Å². The average Bonchev–Trinajstić information content (AvgIpc) is 2.78. The van der Waals surface area contributed by atoms with Crippen LogP contribution >= 0.6 is 0 Å². The predicted molar refractivity (Wildman–Crippen MR) is 77.4 cm³/mol. The Morgan fingerprint density at radius 2 is 2.16 bits per heavy atom. The number of nitrogen functional groups attached to an aromatic ring is 1. The number of piperazine rings is 1. The van der Waals surface area contributed by atoms with Crippen molar-refractivity contribution in [2.24, 2.45) is 0 Å². The maximum Gasteiger partial charge on any atom is 0.172 e. The molecule has 0 amide bonds. The summed E-state index contributed by atoms with van der Waals surface area (Å²) in [5.41, 5.74) is 7.76. The number of hydrogen-bond acceptors (Lipinski definition) is 5. The zero-order valence-corrected chi connectivity index (χ0v) is 11.0. The SMILES string of the molecule is Nc1c(NCCN2CCNCC2)nn2ccccc12. The van der Waals surface area contributed by atoms with Crippen molar-refractivity contribution in [1.29, 1.82) is 0 Å². The summed E-state index contributed by atoms with van der Waals surface area (Å²) in [5, 5.41) is 11.1. The van der Waals surface area contributed by atoms with Gasteiger partial charge >= 0.3 is 0 Å². The Morgan fingerprint density at radius 3 is 2.95 bits per heavy atom. The first-order valence-electron chi connectivity index (χ1n) is 6.74. The molecule has 2 aromatic heterocycles. The summed E-state index contributed by atoms with van der Waals surface area (Å²) in [6.07, 6.45) is 1.91. The van der Waals surface area contributed by atoms with Crippen LogP contribution in [0.25, 0.3) is 5.52 Å². The highest BCUT2D eigenvalue weighted by Gasteiger charge is 2.11. The topological polar surface area (TPSA) is 70.6 Å². The van der Waals surface area contributed by atoms with Crippen molar-refractivity contribution in [3.8, 4) is 0 Å². The van der Waals surface area contributed by atoms with E-state index in [2.05, 4.69) is 20.6 Å². The maximum atomic E-state index is 6.09. The molecule has 0 atom stereocenters. The second-order valence-electron chi connectivity index (χ2n) is 4.81. The van der Waals surface area contributed by atoms with Crippen molar-refractivity contribution < 1.29 is 0 Å². The van der Waals surface area contributed by atoms with Crippen molar-refractivity contribution >= 4 is 17.0 Å². The summed E-state index contributed by atoms with van der Waals surface area (Å²) >= 11 is 0. The molecule has 6 heteroatoms. The number of fused-ring (bicyclic) bond motifs is 1. The van der Waals surface area contributed by atoms with Gasteiger partial charge in [-0.3, -0.25) is 4.90 Å². The fraction of sp³-hybridized carbons (Fsp3) is 0.462. The normalized spacial score (nSPS) is 16.8. The van der Waals surface area contributed by atoms with Crippen molar-refractivity contribution in [1.82, 2.24) is 19.8 Å². The largest absolute Gasteiger partial charge is 0.394 e. The van der Waals surface area contributed by atoms with Gasteiger partial charge in [-0.25, -0.2) is 4.52 Å². The van der Waals surface area contributed by atoms with Gasteiger partial charge in [0.25, 0.3) is 0 Å². The molecular weight excluding hydrogens is 240 g/mol. The number of pyridine rings is 1. The first kappa shape index (κ1) is 12.3. The van der Waals surface area contributed by atoms with E-state index in [0.717, 1.165) is 56.3 Å². The van der Waals surface area contributed by atoms with E-state index in [0.29, 0.717) is 0 Å². The fourth-order valence-corrected chi connectivity index (χ4v) is 2.42. The molecule has 0 saturated carbocycles. The Bertz CT molecular complexity index is 543. The molecule has 1 aliphatic rings. The van der Waals surface area contributed by atoms with Crippen LogP contribution in [0.15, 0.2) is 24.4 Å². The van der Waals surface area contributed by atoms with E-state index in [1.54, 1.807) is 0 Å². The minimum atomic E-state index is 0.723. The van der Waals surface area contributed by atoms with Crippen LogP contribution in [0.5, 0.6) is 0 Å². The third kappa shape index (κ3) is 2.64. The molecule has 3 rings (SSSR count). The summed E-state index contributed by atoms with van der Waals surface area (Å²) < 4.78 is 1.81. The van der Waals surface area contributed by atoms with E-state index in [-0.39, 0.29) is 0 Å². The maximum absolute atomic E-state index is 6.09. The van der Waals surface area contributed by atoms with Gasteiger partial charge in [0, 0.05) is 45.5 Å². The van der Waals surface area contributed by atoms with Gasteiger partial charge in [0.1, 0.15) is 5.69 Å². The Labute approximate surface area is 112 Å². The third-order valence-electron chi connectivity index (χ3n) is 3.51. The number of nitrogens with zero attached hydrogens (tertiary/aromatic N) is 3. The molecule has 6 nitrogen and oxygen atoms in total. The van der Waals surface area contributed by atoms with Gasteiger partial charge in [-0.05, 0) is 12.1 Å². The minimum Gasteiger partial charge on any atom is -0.394 e. The smallest absolute Gasteiger partial charge is 0.172 e. The Kier molecular flexibility index (Phi) is 3.52. The minimum absolute atomic E-state index is 0.723. The lowest BCUT2D eigenvalue weighted by atomic mass is 10.3. The van der Waals surface area contributed by atoms with Crippen LogP contribution < -0.4 is 16.4 Å². The lowest BCUT2D eigenvalue weighted by Gasteiger charge is -2.27. The summed E-state index contributed by atoms with van der Waals surface area (Å²) in [6.45, 7) is 6.28. The number of aromatic nitrogens is 2. The Morgan fingerprint density at radius 1 is 1.32 bits per heavy atom. The molecule has 0 aliphatic carbocycles. The highest BCUT2D eigenvalue weighted by Crippen LogP contribution is 2.22. The van der Waals surface area contributed by atoms with Gasteiger partial charge in [0.2, 0.25) is 0 Å². The molecule has 0 bridgehead atoms. The van der Waals surface area contributed by atoms with E-state index in [4.69, 9.17) is 5.73 Å². The van der Waals surface area contributed by atoms with Crippen LogP contribution in [0.1, 0.15) is 0 Å². The van der Waals surface area contributed by atoms with Gasteiger partial charge in [-0.2, -0.15) is 0 Å². The standard InChI is InChI=1S/C13H20N6/c14-12-11-3-1-2-7-19(11)17-13(12)16-6-10-18-8-4-15-5-9-18/h1-3,7,15H,4-6,8-10,14H2,(H,16,17). The number of anilines is 2. The number of nitrogens with one attached hydrogen (secondary N) is 2. The molecule has 0 unspecified atom stereocenters. The number of nitrogens with two attached hydrogens (primary N) is 1. The molecule has 1 aliphatic heterocycles. The van der Waals surface area contributed by atoms with E-state index < -0.39 is 0 Å². The molecule has 102 valence electrons. The molecule has 3 heterocycles. The molecule has 0 radical (unpaired) electrons. The van der Waals surface area contributed by atoms with Crippen LogP contribution in [0.2, 0.25) is 0 Å². The average molecular weight is 260 g/mol. The molecule has 1 saturated heterocycles. The predicted octanol–water partition coefficient (Wildman–Crippen LogP) is 0.234. The lowest BCUT2D eigenvalue weighted by molar-refractivity contribution is 0.249. The second kappa shape index (κ2) is 5.46. The zero-order valence-electron chi connectivity index (χ0n) is 11.0. The van der Waals surface area contributed by atoms with E-state index in [1.807, 2.05) is 28.9 Å². The molecule has 19 heavy (non-hydrogen) atoms. The van der Waals surface area contributed by atoms with Gasteiger partial charge in [0.05, 0.1) is 5.52 Å². The van der Waals surface area contributed by atoms with Crippen molar-refractivity contribution in [2.75, 3.05) is 50.3 Å². The van der Waals surface area contributed by atoms with Crippen molar-refractivity contribution in [3.05, 3.63) is 24.4 Å². The molecule has 4 N–H and O–H groups in total. The molecule has 0 aromatic carbocycles. The van der Waals surface area contributed by atoms with Crippen LogP contribution in [0.4, 0.5) is 11.5 Å². The molecule has 0 spiro atoms. The van der Waals surface area contributed by atoms with Gasteiger partial charge in [-0.15, -0.1) is 5.10 Å². The van der Waals surface area contributed by atoms with Gasteiger partial charge in [0.15, 0.2) is 5.82 Å². The summed E-state index contributed by atoms with van der Waals surface area (Å²) in [4.78, 5) is 2.44. The van der Waals surface area contributed by atoms with Crippen molar-refractivity contribution in [3.63, 3.8) is 0 Å². The quantitative estimate of drug-likeness (QED) is 0.734. The molecule has 2 aromatic rings. The van der Waals surface area contributed by atoms with E-state index in [9.17, 15) is 0 Å². The third-order valence-corrected chi connectivity index (χ3v) is 3.51. The first-order chi connectivity index (χ1) is 9.34. The fourth-order valence-electron chi connectivity index (χ4n) is 2.42. The molecule has 1 fully saturated rings. The van der Waals surface area contributed by atoms with Gasteiger partial charge in [-0.1, -0.05) is 6.07 Å². The number of hydrogen-bond donors (Lipinski definition) is 3. The lowest BCUT2D eigenvalue weighted by Crippen LogP contribution is -2.45. The molecular formula is C13H20N6. The van der Waals surface area contributed by atoms with Gasteiger partial charge < -0.3 is 16.4 Å². The highest BCUT2D eigenvalue weighted by molar-refractivity contribution is 5.80. The Balaban J connectivity index is 1.60. The second-order valence-corrected chi connectivity index (χ2v) is 4.81. The van der Waals surface area contributed by atoms with E-state index >= 15 is 0 Å². The van der Waals surface area contributed by atoms with E-state index in [1.165, 1.54) is 0 Å². The number of rotatable bonds is 4. The van der Waals surface area contributed by atoms with Crippen LogP contribution in [0.3, 0.4) is 0 Å². The first-order valence-corrected chi connectivity index (χ1v) is 6.74. The monoisotopic (exact) mass is 260 g/mol. The Hall–Kier alpha value is -1.79. The van der Waals surface area contributed by atoms with Crippen molar-refractivity contribution in [2.45, 2.75) is 0 Å². The highest BCUT2D eigenvalue weighted by atomic mass is 15.3. The summed E-state index contributed by atoms with van der Waals surface area (Å²) in [6, 6.07) is 5.89.